The third-order valence-electron chi connectivity index (χ3n) is 3.08. The number of nitrogens with zero attached hydrogens (tertiary/aromatic N) is 2. The molecule has 6 heteroatoms. The highest BCUT2D eigenvalue weighted by Gasteiger charge is 2.26. The van der Waals surface area contributed by atoms with Crippen LogP contribution in [-0.4, -0.2) is 38.3 Å². The Morgan fingerprint density at radius 2 is 2.44 bits per heavy atom. The van der Waals surface area contributed by atoms with Gasteiger partial charge in [0.05, 0.1) is 6.20 Å². The van der Waals surface area contributed by atoms with Crippen LogP contribution in [-0.2, 0) is 0 Å². The van der Waals surface area contributed by atoms with Crippen molar-refractivity contribution in [3.63, 3.8) is 0 Å². The van der Waals surface area contributed by atoms with E-state index in [0.717, 1.165) is 18.6 Å². The molecular weight excluding hydrogens is 250 g/mol. The van der Waals surface area contributed by atoms with Gasteiger partial charge in [0.15, 0.2) is 5.82 Å². The van der Waals surface area contributed by atoms with Gasteiger partial charge in [-0.15, -0.1) is 5.10 Å². The van der Waals surface area contributed by atoms with Crippen molar-refractivity contribution < 1.29 is 9.90 Å². The van der Waals surface area contributed by atoms with Crippen molar-refractivity contribution in [1.29, 1.82) is 0 Å². The number of carboxylic acids is 1. The number of nitrogens with one attached hydrogen (secondary N) is 1. The predicted octanol–water partition coefficient (Wildman–Crippen LogP) is 2.26. The average Bonchev–Trinajstić information content (AvgIpc) is 2.77. The predicted molar refractivity (Wildman–Crippen MR) is 72.2 cm³/mol. The molecule has 1 saturated carbocycles. The number of hydrogen-bond donors (Lipinski definition) is 2. The monoisotopic (exact) mass is 267 g/mol. The van der Waals surface area contributed by atoms with Crippen LogP contribution < -0.4 is 5.32 Å². The molecule has 2 N–H and O–H groups in total. The summed E-state index contributed by atoms with van der Waals surface area (Å²) in [6.07, 6.45) is 4.71. The normalized spacial score (nSPS) is 22.9. The molecule has 1 aromatic heterocycles. The molecule has 0 aromatic carbocycles. The molecule has 2 unspecified atom stereocenters. The summed E-state index contributed by atoms with van der Waals surface area (Å²) in [4.78, 5) is 11.1. The van der Waals surface area contributed by atoms with Gasteiger partial charge in [0.1, 0.15) is 5.56 Å². The molecule has 1 aliphatic carbocycles. The molecular formula is C12H17N3O2S. The largest absolute Gasteiger partial charge is 0.478 e. The minimum Gasteiger partial charge on any atom is -0.478 e. The van der Waals surface area contributed by atoms with E-state index >= 15 is 0 Å². The second kappa shape index (κ2) is 6.04. The van der Waals surface area contributed by atoms with Crippen molar-refractivity contribution >= 4 is 23.5 Å². The second-order valence-corrected chi connectivity index (χ2v) is 5.91. The summed E-state index contributed by atoms with van der Waals surface area (Å²) in [5, 5.41) is 20.6. The van der Waals surface area contributed by atoms with E-state index < -0.39 is 5.97 Å². The molecule has 1 aromatic rings. The quantitative estimate of drug-likeness (QED) is 0.852. The number of anilines is 1. The molecule has 5 nitrogen and oxygen atoms in total. The van der Waals surface area contributed by atoms with E-state index in [2.05, 4.69) is 22.4 Å². The molecule has 98 valence electrons. The standard InChI is InChI=1S/C12H17N3O2S/c1-2-18-9-4-3-8(7-9)14-11-10(12(16)17)5-6-13-15-11/h5-6,8-9H,2-4,7H2,1H3,(H,14,15)(H,16,17). The van der Waals surface area contributed by atoms with Gasteiger partial charge in [-0.1, -0.05) is 6.92 Å². The fourth-order valence-corrected chi connectivity index (χ4v) is 3.41. The summed E-state index contributed by atoms with van der Waals surface area (Å²) in [5.41, 5.74) is 0.191. The maximum atomic E-state index is 11.1. The Hall–Kier alpha value is -1.30. The van der Waals surface area contributed by atoms with Crippen molar-refractivity contribution in [3.8, 4) is 0 Å². The van der Waals surface area contributed by atoms with Crippen LogP contribution in [0.4, 0.5) is 5.82 Å². The Bertz CT molecular complexity index is 428. The van der Waals surface area contributed by atoms with Crippen molar-refractivity contribution in [1.82, 2.24) is 10.2 Å². The first-order valence-electron chi connectivity index (χ1n) is 6.13. The fraction of sp³-hybridized carbons (Fsp3) is 0.583. The highest BCUT2D eigenvalue weighted by molar-refractivity contribution is 7.99. The van der Waals surface area contributed by atoms with Crippen LogP contribution >= 0.6 is 11.8 Å². The molecule has 0 amide bonds. The topological polar surface area (TPSA) is 75.1 Å². The van der Waals surface area contributed by atoms with Gasteiger partial charge < -0.3 is 10.4 Å². The smallest absolute Gasteiger partial charge is 0.339 e. The first kappa shape index (κ1) is 13.1. The Balaban J connectivity index is 2.00. The third-order valence-corrected chi connectivity index (χ3v) is 4.31. The van der Waals surface area contributed by atoms with Gasteiger partial charge in [-0.25, -0.2) is 4.79 Å². The zero-order chi connectivity index (χ0) is 13.0. The highest BCUT2D eigenvalue weighted by Crippen LogP contribution is 2.31. The number of aromatic carboxylic acids is 1. The Labute approximate surface area is 110 Å². The molecule has 1 fully saturated rings. The maximum Gasteiger partial charge on any atom is 0.339 e. The van der Waals surface area contributed by atoms with Gasteiger partial charge in [-0.2, -0.15) is 16.9 Å². The lowest BCUT2D eigenvalue weighted by molar-refractivity contribution is 0.0697. The van der Waals surface area contributed by atoms with E-state index in [1.165, 1.54) is 18.7 Å². The summed E-state index contributed by atoms with van der Waals surface area (Å²) in [7, 11) is 0. The molecule has 0 bridgehead atoms. The van der Waals surface area contributed by atoms with Gasteiger partial charge in [0.2, 0.25) is 0 Å². The molecule has 18 heavy (non-hydrogen) atoms. The lowest BCUT2D eigenvalue weighted by atomic mass is 10.2. The summed E-state index contributed by atoms with van der Waals surface area (Å²) < 4.78 is 0. The first-order valence-corrected chi connectivity index (χ1v) is 7.18. The van der Waals surface area contributed by atoms with Crippen molar-refractivity contribution in [3.05, 3.63) is 17.8 Å². The number of thioether (sulfide) groups is 1. The summed E-state index contributed by atoms with van der Waals surface area (Å²) in [5.74, 6) is 0.546. The second-order valence-electron chi connectivity index (χ2n) is 4.33. The Kier molecular flexibility index (Phi) is 4.41. The van der Waals surface area contributed by atoms with Gasteiger partial charge in [0, 0.05) is 11.3 Å². The first-order chi connectivity index (χ1) is 8.70. The van der Waals surface area contributed by atoms with Crippen molar-refractivity contribution in [2.45, 2.75) is 37.5 Å². The molecule has 0 radical (unpaired) electrons. The number of rotatable bonds is 5. The van der Waals surface area contributed by atoms with E-state index in [1.54, 1.807) is 0 Å². The molecule has 0 aliphatic heterocycles. The number of carboxylic acid groups (broad SMARTS) is 1. The maximum absolute atomic E-state index is 11.1. The van der Waals surface area contributed by atoms with Crippen LogP contribution in [0.1, 0.15) is 36.5 Å². The summed E-state index contributed by atoms with van der Waals surface area (Å²) in [6.45, 7) is 2.16. The van der Waals surface area contributed by atoms with Crippen LogP contribution in [0.15, 0.2) is 12.3 Å². The van der Waals surface area contributed by atoms with Gasteiger partial charge in [-0.3, -0.25) is 0 Å². The summed E-state index contributed by atoms with van der Waals surface area (Å²) >= 11 is 1.97. The summed E-state index contributed by atoms with van der Waals surface area (Å²) in [6, 6.07) is 1.79. The van der Waals surface area contributed by atoms with E-state index in [1.807, 2.05) is 11.8 Å². The van der Waals surface area contributed by atoms with Crippen LogP contribution in [0.3, 0.4) is 0 Å². The molecule has 2 rings (SSSR count). The van der Waals surface area contributed by atoms with Crippen LogP contribution in [0, 0.1) is 0 Å². The average molecular weight is 267 g/mol. The molecule has 0 spiro atoms. The van der Waals surface area contributed by atoms with Crippen LogP contribution in [0.25, 0.3) is 0 Å². The highest BCUT2D eigenvalue weighted by atomic mass is 32.2. The third kappa shape index (κ3) is 3.13. The number of aromatic nitrogens is 2. The SMILES string of the molecule is CCSC1CCC(Nc2nnccc2C(=O)O)C1. The Morgan fingerprint density at radius 1 is 1.61 bits per heavy atom. The van der Waals surface area contributed by atoms with E-state index in [9.17, 15) is 4.79 Å². The van der Waals surface area contributed by atoms with Crippen molar-refractivity contribution in [2.24, 2.45) is 0 Å². The zero-order valence-corrected chi connectivity index (χ0v) is 11.1. The molecule has 0 saturated heterocycles. The van der Waals surface area contributed by atoms with Gasteiger partial charge in [0.25, 0.3) is 0 Å². The van der Waals surface area contributed by atoms with Crippen LogP contribution in [0.5, 0.6) is 0 Å². The van der Waals surface area contributed by atoms with Gasteiger partial charge >= 0.3 is 5.97 Å². The van der Waals surface area contributed by atoms with E-state index in [4.69, 9.17) is 5.11 Å². The lowest BCUT2D eigenvalue weighted by Gasteiger charge is -2.14. The number of carbonyl (C=O) groups is 1. The number of hydrogen-bond acceptors (Lipinski definition) is 5. The zero-order valence-electron chi connectivity index (χ0n) is 10.3. The Morgan fingerprint density at radius 3 is 3.17 bits per heavy atom. The molecule has 1 aliphatic rings. The molecule has 1 heterocycles. The van der Waals surface area contributed by atoms with E-state index in [0.29, 0.717) is 17.1 Å². The van der Waals surface area contributed by atoms with E-state index in [-0.39, 0.29) is 5.56 Å². The minimum atomic E-state index is -0.968. The van der Waals surface area contributed by atoms with Crippen LogP contribution in [0.2, 0.25) is 0 Å². The lowest BCUT2D eigenvalue weighted by Crippen LogP contribution is -2.19. The molecule has 2 atom stereocenters. The fourth-order valence-electron chi connectivity index (χ4n) is 2.26. The minimum absolute atomic E-state index is 0.191. The van der Waals surface area contributed by atoms with Gasteiger partial charge in [-0.05, 0) is 31.1 Å². The van der Waals surface area contributed by atoms with Crippen molar-refractivity contribution in [2.75, 3.05) is 11.1 Å².